The molecule has 0 bridgehead atoms. The first-order chi connectivity index (χ1) is 13.3. The maximum Gasteiger partial charge on any atom is 0.433 e. The Kier molecular flexibility index (Phi) is 4.70. The average molecular weight is 392 g/mol. The summed E-state index contributed by atoms with van der Waals surface area (Å²) in [5.41, 5.74) is 0.343. The molecule has 0 spiro atoms. The van der Waals surface area contributed by atoms with Gasteiger partial charge in [0.1, 0.15) is 11.4 Å². The number of aromatic nitrogens is 2. The van der Waals surface area contributed by atoms with Crippen LogP contribution in [-0.2, 0) is 17.5 Å². The molecule has 28 heavy (non-hydrogen) atoms. The van der Waals surface area contributed by atoms with Crippen LogP contribution < -0.4 is 10.1 Å². The smallest absolute Gasteiger partial charge is 0.433 e. The van der Waals surface area contributed by atoms with Crippen LogP contribution in [0.5, 0.6) is 5.75 Å². The van der Waals surface area contributed by atoms with E-state index < -0.39 is 11.9 Å². The number of likely N-dealkylation sites (tertiary alicyclic amines) is 1. The Hall–Kier alpha value is -2.68. The van der Waals surface area contributed by atoms with E-state index in [0.717, 1.165) is 30.9 Å². The zero-order valence-electron chi connectivity index (χ0n) is 15.2. The summed E-state index contributed by atoms with van der Waals surface area (Å²) in [4.78, 5) is 21.4. The molecule has 2 atom stereocenters. The van der Waals surface area contributed by atoms with Crippen molar-refractivity contribution < 1.29 is 22.7 Å². The van der Waals surface area contributed by atoms with Gasteiger partial charge in [-0.3, -0.25) is 9.69 Å². The predicted octanol–water partition coefficient (Wildman–Crippen LogP) is 2.49. The number of methoxy groups -OCH3 is 1. The lowest BCUT2D eigenvalue weighted by Gasteiger charge is -2.18. The fraction of sp³-hybridized carbons (Fsp3) is 0.421. The second kappa shape index (κ2) is 7.05. The highest BCUT2D eigenvalue weighted by Crippen LogP contribution is 2.33. The molecule has 2 aromatic rings. The van der Waals surface area contributed by atoms with E-state index in [1.165, 1.54) is 7.11 Å². The highest BCUT2D eigenvalue weighted by molar-refractivity contribution is 5.79. The van der Waals surface area contributed by atoms with Gasteiger partial charge in [0, 0.05) is 44.2 Å². The molecular weight excluding hydrogens is 373 g/mol. The minimum absolute atomic E-state index is 0.0286. The first kappa shape index (κ1) is 18.7. The quantitative estimate of drug-likeness (QED) is 0.866. The number of hydrogen-bond acceptors (Lipinski definition) is 5. The molecule has 0 unspecified atom stereocenters. The lowest BCUT2D eigenvalue weighted by molar-refractivity contribution is -0.141. The number of nitrogens with zero attached hydrogens (tertiary/aromatic N) is 3. The van der Waals surface area contributed by atoms with Crippen LogP contribution in [-0.4, -0.2) is 47.0 Å². The molecule has 2 fully saturated rings. The van der Waals surface area contributed by atoms with Gasteiger partial charge < -0.3 is 10.1 Å². The molecule has 148 valence electrons. The number of hydrogen-bond donors (Lipinski definition) is 1. The van der Waals surface area contributed by atoms with E-state index in [1.807, 2.05) is 6.07 Å². The Morgan fingerprint density at radius 1 is 1.29 bits per heavy atom. The van der Waals surface area contributed by atoms with Gasteiger partial charge in [0.2, 0.25) is 5.91 Å². The van der Waals surface area contributed by atoms with E-state index in [0.29, 0.717) is 30.2 Å². The number of benzene rings is 1. The van der Waals surface area contributed by atoms with E-state index in [1.54, 1.807) is 12.1 Å². The molecular formula is C19H19F3N4O2. The first-order valence-corrected chi connectivity index (χ1v) is 8.93. The molecule has 1 aromatic heterocycles. The first-order valence-electron chi connectivity index (χ1n) is 8.93. The van der Waals surface area contributed by atoms with Crippen molar-refractivity contribution >= 4 is 5.91 Å². The lowest BCUT2D eigenvalue weighted by atomic mass is 10.1. The van der Waals surface area contributed by atoms with Gasteiger partial charge in [0.15, 0.2) is 5.82 Å². The van der Waals surface area contributed by atoms with Gasteiger partial charge in [-0.1, -0.05) is 6.07 Å². The number of nitrogens with one attached hydrogen (secondary N) is 1. The maximum absolute atomic E-state index is 13.0. The van der Waals surface area contributed by atoms with Gasteiger partial charge in [0.25, 0.3) is 0 Å². The lowest BCUT2D eigenvalue weighted by Crippen LogP contribution is -2.32. The molecule has 6 nitrogen and oxygen atoms in total. The van der Waals surface area contributed by atoms with Crippen LogP contribution in [0.15, 0.2) is 30.5 Å². The van der Waals surface area contributed by atoms with Crippen molar-refractivity contribution in [3.63, 3.8) is 0 Å². The summed E-state index contributed by atoms with van der Waals surface area (Å²) in [5.74, 6) is 0.799. The number of amides is 1. The summed E-state index contributed by atoms with van der Waals surface area (Å²) in [6, 6.07) is 6.38. The zero-order chi connectivity index (χ0) is 19.9. The molecule has 2 saturated heterocycles. The highest BCUT2D eigenvalue weighted by atomic mass is 19.4. The molecule has 2 aliphatic rings. The molecule has 2 aliphatic heterocycles. The number of ether oxygens (including phenoxy) is 1. The van der Waals surface area contributed by atoms with E-state index in [-0.39, 0.29) is 17.8 Å². The number of alkyl halides is 3. The van der Waals surface area contributed by atoms with Crippen molar-refractivity contribution in [1.82, 2.24) is 20.2 Å². The van der Waals surface area contributed by atoms with Gasteiger partial charge in [-0.15, -0.1) is 0 Å². The number of carbonyl (C=O) groups excluding carboxylic acids is 1. The highest BCUT2D eigenvalue weighted by Gasteiger charge is 2.39. The second-order valence-electron chi connectivity index (χ2n) is 7.13. The van der Waals surface area contributed by atoms with Crippen molar-refractivity contribution in [1.29, 1.82) is 0 Å². The molecule has 0 radical (unpaired) electrons. The predicted molar refractivity (Wildman–Crippen MR) is 94.3 cm³/mol. The number of carbonyl (C=O) groups is 1. The maximum atomic E-state index is 13.0. The fourth-order valence-electron chi connectivity index (χ4n) is 3.90. The van der Waals surface area contributed by atoms with Crippen molar-refractivity contribution in [3.8, 4) is 17.1 Å². The van der Waals surface area contributed by atoms with Crippen molar-refractivity contribution in [2.45, 2.75) is 25.2 Å². The Bertz CT molecular complexity index is 887. The van der Waals surface area contributed by atoms with Crippen LogP contribution in [0.2, 0.25) is 0 Å². The van der Waals surface area contributed by atoms with Gasteiger partial charge in [0.05, 0.1) is 12.7 Å². The van der Waals surface area contributed by atoms with Gasteiger partial charge >= 0.3 is 6.18 Å². The van der Waals surface area contributed by atoms with Crippen molar-refractivity contribution in [3.05, 3.63) is 41.7 Å². The van der Waals surface area contributed by atoms with Gasteiger partial charge in [-0.2, -0.15) is 13.2 Å². The summed E-state index contributed by atoms with van der Waals surface area (Å²) in [6.07, 6.45) is -2.89. The largest absolute Gasteiger partial charge is 0.496 e. The summed E-state index contributed by atoms with van der Waals surface area (Å²) in [7, 11) is 1.45. The Morgan fingerprint density at radius 2 is 2.11 bits per heavy atom. The molecule has 9 heteroatoms. The van der Waals surface area contributed by atoms with Crippen molar-refractivity contribution in [2.75, 3.05) is 20.2 Å². The van der Waals surface area contributed by atoms with Crippen LogP contribution in [0, 0.1) is 5.92 Å². The van der Waals surface area contributed by atoms with Crippen LogP contribution >= 0.6 is 0 Å². The molecule has 1 aromatic carbocycles. The molecule has 3 heterocycles. The Morgan fingerprint density at radius 3 is 2.82 bits per heavy atom. The number of halogens is 3. The number of rotatable bonds is 4. The summed E-state index contributed by atoms with van der Waals surface area (Å²) < 4.78 is 44.3. The van der Waals surface area contributed by atoms with E-state index in [9.17, 15) is 18.0 Å². The van der Waals surface area contributed by atoms with Crippen LogP contribution in [0.25, 0.3) is 11.4 Å². The summed E-state index contributed by atoms with van der Waals surface area (Å²) >= 11 is 0. The Balaban J connectivity index is 1.58. The normalized spacial score (nSPS) is 22.2. The van der Waals surface area contributed by atoms with Crippen LogP contribution in [0.1, 0.15) is 17.7 Å². The molecule has 4 rings (SSSR count). The standard InChI is InChI=1S/C19H19F3N4O2/c1-28-15-3-2-11(8-26-9-12-7-17(27)24-14(12)10-26)6-13(15)18-23-5-4-16(25-18)19(20,21)22/h2-6,12,14H,7-10H2,1H3,(H,24,27)/t12-,14+/m0/s1. The SMILES string of the molecule is COc1ccc(CN2C[C@@H]3CC(=O)N[C@@H]3C2)cc1-c1nccc(C(F)(F)F)n1. The average Bonchev–Trinajstić information content (AvgIpc) is 3.17. The third kappa shape index (κ3) is 3.66. The summed E-state index contributed by atoms with van der Waals surface area (Å²) in [6.45, 7) is 2.20. The monoisotopic (exact) mass is 392 g/mol. The minimum atomic E-state index is -4.54. The molecule has 1 N–H and O–H groups in total. The van der Waals surface area contributed by atoms with E-state index in [4.69, 9.17) is 4.74 Å². The molecule has 0 saturated carbocycles. The molecule has 1 amide bonds. The second-order valence-corrected chi connectivity index (χ2v) is 7.13. The third-order valence-corrected chi connectivity index (χ3v) is 5.17. The van der Waals surface area contributed by atoms with Crippen LogP contribution in [0.4, 0.5) is 13.2 Å². The topological polar surface area (TPSA) is 67.3 Å². The molecule has 0 aliphatic carbocycles. The van der Waals surface area contributed by atoms with Crippen molar-refractivity contribution in [2.24, 2.45) is 5.92 Å². The third-order valence-electron chi connectivity index (χ3n) is 5.17. The van der Waals surface area contributed by atoms with E-state index in [2.05, 4.69) is 20.2 Å². The van der Waals surface area contributed by atoms with E-state index >= 15 is 0 Å². The van der Waals surface area contributed by atoms with Crippen LogP contribution in [0.3, 0.4) is 0 Å². The van der Waals surface area contributed by atoms with Gasteiger partial charge in [-0.05, 0) is 23.8 Å². The Labute approximate surface area is 159 Å². The minimum Gasteiger partial charge on any atom is -0.496 e. The van der Waals surface area contributed by atoms with Gasteiger partial charge in [-0.25, -0.2) is 9.97 Å². The summed E-state index contributed by atoms with van der Waals surface area (Å²) in [5, 5.41) is 2.98. The fourth-order valence-corrected chi connectivity index (χ4v) is 3.90. The number of fused-ring (bicyclic) bond motifs is 1. The zero-order valence-corrected chi connectivity index (χ0v) is 15.2.